The van der Waals surface area contributed by atoms with Crippen LogP contribution in [0.4, 0.5) is 0 Å². The normalized spacial score (nSPS) is 35.9. The second-order valence-corrected chi connectivity index (χ2v) is 5.08. The summed E-state index contributed by atoms with van der Waals surface area (Å²) in [6.07, 6.45) is -6.28. The lowest BCUT2D eigenvalue weighted by Crippen LogP contribution is -2.64. The Morgan fingerprint density at radius 2 is 1.89 bits per heavy atom. The smallest absolute Gasteiger partial charge is 0.388 e. The van der Waals surface area contributed by atoms with Crippen molar-refractivity contribution in [2.24, 2.45) is 0 Å². The molecule has 0 aromatic heterocycles. The van der Waals surface area contributed by atoms with Gasteiger partial charge in [0.2, 0.25) is 5.91 Å². The molecular formula is C8H15NO9S. The molecule has 19 heavy (non-hydrogen) atoms. The van der Waals surface area contributed by atoms with Gasteiger partial charge < -0.3 is 25.4 Å². The van der Waals surface area contributed by atoms with Crippen LogP contribution < -0.4 is 5.32 Å². The maximum absolute atomic E-state index is 10.8. The van der Waals surface area contributed by atoms with Crippen molar-refractivity contribution in [3.63, 3.8) is 0 Å². The van der Waals surface area contributed by atoms with Crippen LogP contribution in [0.1, 0.15) is 6.92 Å². The topological polar surface area (TPSA) is 163 Å². The first kappa shape index (κ1) is 16.2. The van der Waals surface area contributed by atoms with Gasteiger partial charge in [-0.05, 0) is 0 Å². The molecule has 0 spiro atoms. The zero-order valence-electron chi connectivity index (χ0n) is 9.83. The number of aliphatic hydroxyl groups excluding tert-OH is 3. The van der Waals surface area contributed by atoms with Crippen molar-refractivity contribution in [3.8, 4) is 0 Å². The molecule has 1 aliphatic rings. The van der Waals surface area contributed by atoms with E-state index in [-0.39, 0.29) is 0 Å². The largest absolute Gasteiger partial charge is 0.397 e. The first-order valence-electron chi connectivity index (χ1n) is 5.20. The van der Waals surface area contributed by atoms with E-state index in [1.165, 1.54) is 0 Å². The number of amides is 1. The molecule has 5 atom stereocenters. The Hall–Kier alpha value is -0.820. The van der Waals surface area contributed by atoms with Crippen LogP contribution in [0, 0.1) is 0 Å². The Bertz CT molecular complexity index is 424. The SMILES string of the molecule is CC(=O)N[C@@H]1C(O)OC(COS(=O)(=O)O)[C@@H](O)C1O. The van der Waals surface area contributed by atoms with E-state index in [4.69, 9.17) is 9.29 Å². The average molecular weight is 301 g/mol. The van der Waals surface area contributed by atoms with Gasteiger partial charge in [-0.25, -0.2) is 4.18 Å². The summed E-state index contributed by atoms with van der Waals surface area (Å²) in [5, 5.41) is 31.0. The predicted molar refractivity (Wildman–Crippen MR) is 58.0 cm³/mol. The minimum Gasteiger partial charge on any atom is -0.388 e. The minimum absolute atomic E-state index is 0.563. The summed E-state index contributed by atoms with van der Waals surface area (Å²) in [6.45, 7) is 0.334. The van der Waals surface area contributed by atoms with Gasteiger partial charge in [-0.2, -0.15) is 8.42 Å². The van der Waals surface area contributed by atoms with Crippen LogP contribution in [0.3, 0.4) is 0 Å². The van der Waals surface area contributed by atoms with Gasteiger partial charge in [0.05, 0.1) is 6.61 Å². The second kappa shape index (κ2) is 6.09. The molecule has 1 aliphatic heterocycles. The Morgan fingerprint density at radius 1 is 1.32 bits per heavy atom. The molecule has 10 nitrogen and oxygen atoms in total. The highest BCUT2D eigenvalue weighted by Gasteiger charge is 2.44. The van der Waals surface area contributed by atoms with Gasteiger partial charge in [-0.1, -0.05) is 0 Å². The number of carbonyl (C=O) groups is 1. The molecule has 11 heteroatoms. The van der Waals surface area contributed by atoms with Crippen molar-refractivity contribution in [3.05, 3.63) is 0 Å². The fourth-order valence-electron chi connectivity index (χ4n) is 1.63. The van der Waals surface area contributed by atoms with Crippen LogP contribution in [-0.2, 0) is 24.1 Å². The summed E-state index contributed by atoms with van der Waals surface area (Å²) >= 11 is 0. The van der Waals surface area contributed by atoms with E-state index < -0.39 is 53.6 Å². The van der Waals surface area contributed by atoms with Crippen molar-refractivity contribution < 1.29 is 42.0 Å². The highest BCUT2D eigenvalue weighted by Crippen LogP contribution is 2.20. The molecule has 1 amide bonds. The summed E-state index contributed by atoms with van der Waals surface area (Å²) in [7, 11) is -4.74. The van der Waals surface area contributed by atoms with Crippen molar-refractivity contribution in [1.82, 2.24) is 5.32 Å². The lowest BCUT2D eigenvalue weighted by atomic mass is 9.97. The third kappa shape index (κ3) is 4.65. The first-order valence-corrected chi connectivity index (χ1v) is 6.57. The summed E-state index contributed by atoms with van der Waals surface area (Å²) < 4.78 is 37.9. The van der Waals surface area contributed by atoms with Crippen LogP contribution in [0.2, 0.25) is 0 Å². The molecule has 1 fully saturated rings. The number of ether oxygens (including phenoxy) is 1. The van der Waals surface area contributed by atoms with E-state index in [9.17, 15) is 28.5 Å². The molecule has 112 valence electrons. The molecule has 0 aromatic rings. The van der Waals surface area contributed by atoms with Gasteiger partial charge in [0.15, 0.2) is 6.29 Å². The van der Waals surface area contributed by atoms with Crippen molar-refractivity contribution in [2.75, 3.05) is 6.61 Å². The summed E-state index contributed by atoms with van der Waals surface area (Å²) in [4.78, 5) is 10.8. The van der Waals surface area contributed by atoms with Crippen molar-refractivity contribution in [1.29, 1.82) is 0 Å². The van der Waals surface area contributed by atoms with Gasteiger partial charge in [0.1, 0.15) is 24.4 Å². The zero-order chi connectivity index (χ0) is 14.8. The molecule has 1 heterocycles. The van der Waals surface area contributed by atoms with Gasteiger partial charge in [0, 0.05) is 6.92 Å². The molecule has 0 saturated carbocycles. The van der Waals surface area contributed by atoms with E-state index in [0.29, 0.717) is 0 Å². The summed E-state index contributed by atoms with van der Waals surface area (Å²) in [5.74, 6) is -0.563. The Morgan fingerprint density at radius 3 is 2.37 bits per heavy atom. The lowest BCUT2D eigenvalue weighted by molar-refractivity contribution is -0.252. The predicted octanol–water partition coefficient (Wildman–Crippen LogP) is -3.25. The van der Waals surface area contributed by atoms with E-state index in [0.717, 1.165) is 6.92 Å². The third-order valence-corrected chi connectivity index (χ3v) is 2.91. The average Bonchev–Trinajstić information content (AvgIpc) is 2.26. The van der Waals surface area contributed by atoms with Gasteiger partial charge in [0.25, 0.3) is 0 Å². The molecule has 1 rings (SSSR count). The molecule has 5 N–H and O–H groups in total. The summed E-state index contributed by atoms with van der Waals surface area (Å²) in [6, 6.07) is -1.27. The highest BCUT2D eigenvalue weighted by atomic mass is 32.3. The first-order chi connectivity index (χ1) is 8.61. The number of carbonyl (C=O) groups excluding carboxylic acids is 1. The van der Waals surface area contributed by atoms with Crippen LogP contribution in [0.25, 0.3) is 0 Å². The van der Waals surface area contributed by atoms with Crippen LogP contribution in [0.5, 0.6) is 0 Å². The Balaban J connectivity index is 2.69. The summed E-state index contributed by atoms with van der Waals surface area (Å²) in [5.41, 5.74) is 0. The van der Waals surface area contributed by atoms with Gasteiger partial charge in [-0.3, -0.25) is 9.35 Å². The molecule has 0 aliphatic carbocycles. The lowest BCUT2D eigenvalue weighted by Gasteiger charge is -2.40. The molecule has 0 aromatic carbocycles. The Kier molecular flexibility index (Phi) is 5.20. The molecule has 3 unspecified atom stereocenters. The van der Waals surface area contributed by atoms with Crippen molar-refractivity contribution >= 4 is 16.3 Å². The Labute approximate surface area is 108 Å². The minimum atomic E-state index is -4.74. The number of aliphatic hydroxyl groups is 3. The number of hydrogen-bond donors (Lipinski definition) is 5. The number of nitrogens with one attached hydrogen (secondary N) is 1. The van der Waals surface area contributed by atoms with Crippen LogP contribution in [-0.4, -0.2) is 71.4 Å². The van der Waals surface area contributed by atoms with E-state index in [1.807, 2.05) is 0 Å². The molecule has 1 saturated heterocycles. The zero-order valence-corrected chi connectivity index (χ0v) is 10.6. The van der Waals surface area contributed by atoms with Crippen LogP contribution in [0.15, 0.2) is 0 Å². The molecule has 0 bridgehead atoms. The number of hydrogen-bond acceptors (Lipinski definition) is 8. The fraction of sp³-hybridized carbons (Fsp3) is 0.875. The van der Waals surface area contributed by atoms with Gasteiger partial charge >= 0.3 is 10.4 Å². The quantitative estimate of drug-likeness (QED) is 0.335. The second-order valence-electron chi connectivity index (χ2n) is 3.98. The van der Waals surface area contributed by atoms with Gasteiger partial charge in [-0.15, -0.1) is 0 Å². The van der Waals surface area contributed by atoms with E-state index in [2.05, 4.69) is 9.50 Å². The fourth-order valence-corrected chi connectivity index (χ4v) is 1.93. The molecular weight excluding hydrogens is 286 g/mol. The third-order valence-electron chi connectivity index (χ3n) is 2.47. The maximum Gasteiger partial charge on any atom is 0.397 e. The van der Waals surface area contributed by atoms with E-state index >= 15 is 0 Å². The van der Waals surface area contributed by atoms with Crippen LogP contribution >= 0.6 is 0 Å². The maximum atomic E-state index is 10.8. The standard InChI is InChI=1S/C8H15NO9S/c1-3(10)9-5-7(12)6(11)4(18-8(5)13)2-17-19(14,15)16/h4-8,11-13H,2H2,1H3,(H,9,10)(H,14,15,16)/t4?,5-,6+,7?,8?/m0/s1. The monoisotopic (exact) mass is 301 g/mol. The highest BCUT2D eigenvalue weighted by molar-refractivity contribution is 7.80. The number of rotatable bonds is 4. The molecule has 0 radical (unpaired) electrons. The van der Waals surface area contributed by atoms with E-state index in [1.54, 1.807) is 0 Å². The van der Waals surface area contributed by atoms with Crippen molar-refractivity contribution in [2.45, 2.75) is 37.6 Å².